The number of carboxylic acid groups (broad SMARTS) is 1. The van der Waals surface area contributed by atoms with Crippen molar-refractivity contribution in [3.05, 3.63) is 77.6 Å². The van der Waals surface area contributed by atoms with E-state index in [-0.39, 0.29) is 28.3 Å². The highest BCUT2D eigenvalue weighted by molar-refractivity contribution is 6.39. The number of ether oxygens (including phenoxy) is 1. The van der Waals surface area contributed by atoms with Gasteiger partial charge in [-0.1, -0.05) is 18.2 Å². The van der Waals surface area contributed by atoms with E-state index in [4.69, 9.17) is 9.15 Å². The van der Waals surface area contributed by atoms with Crippen molar-refractivity contribution < 1.29 is 33.4 Å². The molecule has 1 saturated heterocycles. The van der Waals surface area contributed by atoms with Crippen LogP contribution in [0.25, 0.3) is 17.4 Å². The predicted molar refractivity (Wildman–Crippen MR) is 113 cm³/mol. The van der Waals surface area contributed by atoms with E-state index in [9.17, 15) is 24.3 Å². The van der Waals surface area contributed by atoms with Crippen LogP contribution in [-0.4, -0.2) is 36.0 Å². The molecular weight excluding hydrogens is 416 g/mol. The van der Waals surface area contributed by atoms with E-state index in [1.807, 2.05) is 0 Å². The number of barbiturate groups is 1. The van der Waals surface area contributed by atoms with E-state index >= 15 is 0 Å². The lowest BCUT2D eigenvalue weighted by molar-refractivity contribution is -0.122. The summed E-state index contributed by atoms with van der Waals surface area (Å²) >= 11 is 0. The summed E-state index contributed by atoms with van der Waals surface area (Å²) in [5, 5.41) is 11.5. The summed E-state index contributed by atoms with van der Waals surface area (Å²) in [5.74, 6) is -1.88. The fraction of sp³-hybridized carbons (Fsp3) is 0.0435. The SMILES string of the molecule is COc1ccc(N2C(=O)NC(=O)/C(=C/c3ccc(-c4ccccc4C(=O)O)o3)C2=O)cc1. The number of carbonyl (C=O) groups excluding carboxylic acids is 3. The Hall–Kier alpha value is -4.66. The second-order valence-electron chi connectivity index (χ2n) is 6.71. The Morgan fingerprint density at radius 3 is 2.44 bits per heavy atom. The number of benzene rings is 2. The zero-order chi connectivity index (χ0) is 22.8. The Bertz CT molecular complexity index is 1270. The summed E-state index contributed by atoms with van der Waals surface area (Å²) in [6, 6.07) is 14.6. The molecule has 1 aliphatic rings. The standard InChI is InChI=1S/C23H16N2O7/c1-31-14-8-6-13(7-9-14)25-21(27)18(20(26)24-23(25)30)12-15-10-11-19(32-15)16-4-2-3-5-17(16)22(28)29/h2-12H,1H3,(H,28,29)(H,24,26,30)/b18-12-. The number of hydrogen-bond acceptors (Lipinski definition) is 6. The van der Waals surface area contributed by atoms with Crippen LogP contribution in [0.1, 0.15) is 16.1 Å². The molecule has 0 aliphatic carbocycles. The minimum Gasteiger partial charge on any atom is -0.497 e. The fourth-order valence-electron chi connectivity index (χ4n) is 3.23. The second-order valence-corrected chi connectivity index (χ2v) is 6.71. The molecule has 2 heterocycles. The first kappa shape index (κ1) is 20.6. The molecule has 160 valence electrons. The number of nitrogens with one attached hydrogen (secondary N) is 1. The number of hydrogen-bond donors (Lipinski definition) is 2. The average molecular weight is 432 g/mol. The molecule has 0 saturated carbocycles. The van der Waals surface area contributed by atoms with Crippen molar-refractivity contribution in [2.75, 3.05) is 12.0 Å². The van der Waals surface area contributed by atoms with Gasteiger partial charge in [-0.3, -0.25) is 14.9 Å². The van der Waals surface area contributed by atoms with Crippen LogP contribution in [0.4, 0.5) is 10.5 Å². The number of urea groups is 1. The largest absolute Gasteiger partial charge is 0.497 e. The molecule has 4 amide bonds. The van der Waals surface area contributed by atoms with Gasteiger partial charge in [0.2, 0.25) is 0 Å². The molecule has 32 heavy (non-hydrogen) atoms. The smallest absolute Gasteiger partial charge is 0.336 e. The summed E-state index contributed by atoms with van der Waals surface area (Å²) in [6.45, 7) is 0. The molecule has 4 rings (SSSR count). The molecule has 0 spiro atoms. The zero-order valence-corrected chi connectivity index (χ0v) is 16.7. The first-order chi connectivity index (χ1) is 15.4. The Labute approximate surface area is 181 Å². The molecule has 9 nitrogen and oxygen atoms in total. The number of furan rings is 1. The Morgan fingerprint density at radius 2 is 1.75 bits per heavy atom. The third-order valence-corrected chi connectivity index (χ3v) is 4.77. The summed E-state index contributed by atoms with van der Waals surface area (Å²) in [7, 11) is 1.49. The maximum atomic E-state index is 13.0. The molecule has 9 heteroatoms. The highest BCUT2D eigenvalue weighted by Crippen LogP contribution is 2.28. The number of carbonyl (C=O) groups is 4. The molecule has 1 aliphatic heterocycles. The number of carboxylic acids is 1. The van der Waals surface area contributed by atoms with Crippen LogP contribution in [0.5, 0.6) is 5.75 Å². The number of imide groups is 2. The van der Waals surface area contributed by atoms with Crippen LogP contribution < -0.4 is 15.0 Å². The number of rotatable bonds is 5. The molecule has 0 bridgehead atoms. The third kappa shape index (κ3) is 3.74. The topological polar surface area (TPSA) is 126 Å². The van der Waals surface area contributed by atoms with Gasteiger partial charge >= 0.3 is 12.0 Å². The van der Waals surface area contributed by atoms with Crippen molar-refractivity contribution in [3.8, 4) is 17.1 Å². The van der Waals surface area contributed by atoms with Gasteiger partial charge in [0.15, 0.2) is 0 Å². The molecule has 2 aromatic carbocycles. The number of nitrogens with zero attached hydrogens (tertiary/aromatic N) is 1. The minimum atomic E-state index is -1.12. The van der Waals surface area contributed by atoms with Gasteiger partial charge in [-0.15, -0.1) is 0 Å². The lowest BCUT2D eigenvalue weighted by Crippen LogP contribution is -2.54. The molecule has 1 aromatic heterocycles. The van der Waals surface area contributed by atoms with Gasteiger partial charge in [0.25, 0.3) is 11.8 Å². The Balaban J connectivity index is 1.68. The summed E-state index contributed by atoms with van der Waals surface area (Å²) in [4.78, 5) is 49.9. The lowest BCUT2D eigenvalue weighted by atomic mass is 10.1. The Kier molecular flexibility index (Phi) is 5.30. The fourth-order valence-corrected chi connectivity index (χ4v) is 3.23. The van der Waals surface area contributed by atoms with Crippen LogP contribution in [-0.2, 0) is 9.59 Å². The van der Waals surface area contributed by atoms with Crippen LogP contribution in [0.2, 0.25) is 0 Å². The van der Waals surface area contributed by atoms with Crippen molar-refractivity contribution in [1.82, 2.24) is 5.32 Å². The summed E-state index contributed by atoms with van der Waals surface area (Å²) in [5.41, 5.74) is 0.331. The maximum absolute atomic E-state index is 13.0. The molecule has 0 atom stereocenters. The van der Waals surface area contributed by atoms with Crippen molar-refractivity contribution >= 4 is 35.6 Å². The van der Waals surface area contributed by atoms with Gasteiger partial charge < -0.3 is 14.3 Å². The van der Waals surface area contributed by atoms with Gasteiger partial charge in [-0.2, -0.15) is 0 Å². The third-order valence-electron chi connectivity index (χ3n) is 4.77. The van der Waals surface area contributed by atoms with Crippen LogP contribution in [0.15, 0.2) is 70.7 Å². The summed E-state index contributed by atoms with van der Waals surface area (Å²) in [6.07, 6.45) is 1.20. The number of methoxy groups -OCH3 is 1. The van der Waals surface area contributed by atoms with Crippen molar-refractivity contribution in [2.45, 2.75) is 0 Å². The van der Waals surface area contributed by atoms with Crippen molar-refractivity contribution in [3.63, 3.8) is 0 Å². The molecular formula is C23H16N2O7. The van der Waals surface area contributed by atoms with E-state index in [1.165, 1.54) is 43.5 Å². The van der Waals surface area contributed by atoms with Gasteiger partial charge in [0, 0.05) is 5.56 Å². The van der Waals surface area contributed by atoms with E-state index in [0.29, 0.717) is 11.3 Å². The van der Waals surface area contributed by atoms with Crippen molar-refractivity contribution in [2.24, 2.45) is 0 Å². The van der Waals surface area contributed by atoms with E-state index in [0.717, 1.165) is 4.90 Å². The van der Waals surface area contributed by atoms with Gasteiger partial charge in [-0.25, -0.2) is 14.5 Å². The van der Waals surface area contributed by atoms with Gasteiger partial charge in [-0.05, 0) is 48.5 Å². The van der Waals surface area contributed by atoms with Crippen LogP contribution in [0.3, 0.4) is 0 Å². The zero-order valence-electron chi connectivity index (χ0n) is 16.7. The second kappa shape index (κ2) is 8.23. The molecule has 2 N–H and O–H groups in total. The van der Waals surface area contributed by atoms with Gasteiger partial charge in [0.05, 0.1) is 18.4 Å². The number of aromatic carboxylic acids is 1. The average Bonchev–Trinajstić information content (AvgIpc) is 3.25. The quantitative estimate of drug-likeness (QED) is 0.468. The molecule has 0 unspecified atom stereocenters. The van der Waals surface area contributed by atoms with E-state index in [1.54, 1.807) is 30.3 Å². The first-order valence-corrected chi connectivity index (χ1v) is 9.37. The predicted octanol–water partition coefficient (Wildman–Crippen LogP) is 3.32. The van der Waals surface area contributed by atoms with E-state index in [2.05, 4.69) is 5.32 Å². The van der Waals surface area contributed by atoms with Crippen LogP contribution >= 0.6 is 0 Å². The number of amides is 4. The monoisotopic (exact) mass is 432 g/mol. The lowest BCUT2D eigenvalue weighted by Gasteiger charge is -2.26. The maximum Gasteiger partial charge on any atom is 0.336 e. The van der Waals surface area contributed by atoms with Crippen LogP contribution in [0, 0.1) is 0 Å². The normalized spacial score (nSPS) is 15.1. The minimum absolute atomic E-state index is 0.0452. The highest BCUT2D eigenvalue weighted by atomic mass is 16.5. The van der Waals surface area contributed by atoms with E-state index < -0.39 is 23.8 Å². The molecule has 1 fully saturated rings. The first-order valence-electron chi connectivity index (χ1n) is 9.37. The summed E-state index contributed by atoms with van der Waals surface area (Å²) < 4.78 is 10.7. The van der Waals surface area contributed by atoms with Crippen molar-refractivity contribution in [1.29, 1.82) is 0 Å². The van der Waals surface area contributed by atoms with Gasteiger partial charge in [0.1, 0.15) is 22.8 Å². The Morgan fingerprint density at radius 1 is 1.03 bits per heavy atom. The highest BCUT2D eigenvalue weighted by Gasteiger charge is 2.37. The number of anilines is 1. The molecule has 0 radical (unpaired) electrons. The molecule has 3 aromatic rings.